The van der Waals surface area contributed by atoms with Crippen molar-refractivity contribution >= 4 is 11.6 Å². The van der Waals surface area contributed by atoms with Gasteiger partial charge < -0.3 is 9.80 Å². The predicted molar refractivity (Wildman–Crippen MR) is 108 cm³/mol. The van der Waals surface area contributed by atoms with E-state index in [2.05, 4.69) is 17.0 Å². The van der Waals surface area contributed by atoms with Crippen molar-refractivity contribution in [2.24, 2.45) is 5.92 Å². The van der Waals surface area contributed by atoms with Gasteiger partial charge in [0.05, 0.1) is 6.85 Å². The second kappa shape index (κ2) is 9.00. The molecule has 3 rings (SSSR count). The molecule has 2 aromatic carbocycles. The maximum absolute atomic E-state index is 13.1. The number of carbonyl (C=O) groups excluding carboxylic acids is 1. The van der Waals surface area contributed by atoms with Crippen LogP contribution in [0.15, 0.2) is 60.5 Å². The number of anilines is 1. The van der Waals surface area contributed by atoms with E-state index in [9.17, 15) is 4.79 Å². The van der Waals surface area contributed by atoms with Crippen LogP contribution in [0.2, 0.25) is 0 Å². The highest BCUT2D eigenvalue weighted by Gasteiger charge is 2.30. The molecule has 0 unspecified atom stereocenters. The molecule has 0 aliphatic carbocycles. The number of hydrogen-bond acceptors (Lipinski definition) is 2. The quantitative estimate of drug-likeness (QED) is 0.767. The molecule has 2 aromatic rings. The van der Waals surface area contributed by atoms with Gasteiger partial charge in [0.1, 0.15) is 0 Å². The fourth-order valence-corrected chi connectivity index (χ4v) is 3.45. The Hall–Kier alpha value is -2.13. The van der Waals surface area contributed by atoms with Gasteiger partial charge in [0.2, 0.25) is 5.91 Å². The smallest absolute Gasteiger partial charge is 0.229 e. The topological polar surface area (TPSA) is 23.6 Å². The third-order valence-electron chi connectivity index (χ3n) is 4.94. The fourth-order valence-electron chi connectivity index (χ4n) is 3.45. The van der Waals surface area contributed by atoms with Crippen LogP contribution < -0.4 is 4.90 Å². The van der Waals surface area contributed by atoms with E-state index in [1.807, 2.05) is 18.2 Å². The van der Waals surface area contributed by atoms with Gasteiger partial charge in [0.15, 0.2) is 0 Å². The van der Waals surface area contributed by atoms with Crippen LogP contribution in [0.4, 0.5) is 5.69 Å². The van der Waals surface area contributed by atoms with Crippen molar-refractivity contribution in [2.75, 3.05) is 24.5 Å². The molecule has 3 heteroatoms. The molecule has 1 saturated heterocycles. The first-order valence-corrected chi connectivity index (χ1v) is 9.38. The molecule has 0 atom stereocenters. The Bertz CT molecular complexity index is 898. The largest absolute Gasteiger partial charge is 0.309 e. The summed E-state index contributed by atoms with van der Waals surface area (Å²) in [4.78, 5) is 17.0. The average Bonchev–Trinajstić information content (AvgIpc) is 2.78. The highest BCUT2D eigenvalue weighted by molar-refractivity contribution is 5.95. The minimum atomic E-state index is -0.438. The molecule has 0 bridgehead atoms. The summed E-state index contributed by atoms with van der Waals surface area (Å²) in [5.74, 6) is -0.546. The highest BCUT2D eigenvalue weighted by Crippen LogP contribution is 2.25. The van der Waals surface area contributed by atoms with Gasteiger partial charge in [-0.1, -0.05) is 62.3 Å². The van der Waals surface area contributed by atoms with Crippen molar-refractivity contribution < 1.29 is 11.6 Å². The minimum absolute atomic E-state index is 0.00688. The summed E-state index contributed by atoms with van der Waals surface area (Å²) in [6, 6.07) is 8.26. The number of piperidine rings is 1. The number of benzene rings is 2. The van der Waals surface area contributed by atoms with Crippen molar-refractivity contribution in [3.05, 3.63) is 66.1 Å². The average molecular weight is 356 g/mol. The van der Waals surface area contributed by atoms with E-state index in [4.69, 9.17) is 6.85 Å². The van der Waals surface area contributed by atoms with E-state index in [0.717, 1.165) is 26.1 Å². The highest BCUT2D eigenvalue weighted by atomic mass is 16.2. The van der Waals surface area contributed by atoms with E-state index < -0.39 is 18.1 Å². The zero-order chi connectivity index (χ0) is 22.7. The number of hydrogen-bond donors (Lipinski definition) is 0. The van der Waals surface area contributed by atoms with Crippen LogP contribution in [0.25, 0.3) is 0 Å². The zero-order valence-electron chi connectivity index (χ0n) is 20.6. The molecule has 26 heavy (non-hydrogen) atoms. The SMILES string of the molecule is [2H]c1c([2H])c([2H])c(N(C(=O)C(C)C)C2CCN(CCc3ccccc3)CC2)c([2H])c1[2H]. The van der Waals surface area contributed by atoms with Gasteiger partial charge >= 0.3 is 0 Å². The molecular weight excluding hydrogens is 320 g/mol. The van der Waals surface area contributed by atoms with Crippen LogP contribution in [0, 0.1) is 5.92 Å². The van der Waals surface area contributed by atoms with Crippen molar-refractivity contribution in [1.29, 1.82) is 0 Å². The van der Waals surface area contributed by atoms with E-state index in [1.54, 1.807) is 13.8 Å². The Morgan fingerprint density at radius 2 is 1.81 bits per heavy atom. The van der Waals surface area contributed by atoms with E-state index in [1.165, 1.54) is 10.5 Å². The standard InChI is InChI=1S/C23H30N2O/c1-19(2)23(26)25(21-11-7-4-8-12-21)22-14-17-24(18-15-22)16-13-20-9-5-3-6-10-20/h3-12,19,22H,13-18H2,1-2H3/i4D,7D,8D,11D,12D. The van der Waals surface area contributed by atoms with Gasteiger partial charge in [-0.3, -0.25) is 4.79 Å². The molecule has 0 spiro atoms. The molecule has 0 radical (unpaired) electrons. The second-order valence-electron chi connectivity index (χ2n) is 7.14. The van der Waals surface area contributed by atoms with Crippen LogP contribution in [0.3, 0.4) is 0 Å². The Morgan fingerprint density at radius 1 is 1.15 bits per heavy atom. The van der Waals surface area contributed by atoms with E-state index in [-0.39, 0.29) is 35.6 Å². The number of likely N-dealkylation sites (tertiary alicyclic amines) is 1. The lowest BCUT2D eigenvalue weighted by Crippen LogP contribution is -2.49. The monoisotopic (exact) mass is 355 g/mol. The summed E-state index contributed by atoms with van der Waals surface area (Å²) < 4.78 is 40.5. The Kier molecular flexibility index (Phi) is 4.53. The molecule has 0 aromatic heterocycles. The van der Waals surface area contributed by atoms with Gasteiger partial charge in [0, 0.05) is 37.3 Å². The molecule has 138 valence electrons. The second-order valence-corrected chi connectivity index (χ2v) is 7.14. The van der Waals surface area contributed by atoms with E-state index in [0.29, 0.717) is 12.8 Å². The number of para-hydroxylation sites is 1. The zero-order valence-corrected chi connectivity index (χ0v) is 15.6. The molecule has 1 aliphatic heterocycles. The summed E-state index contributed by atoms with van der Waals surface area (Å²) in [5, 5.41) is 0. The van der Waals surface area contributed by atoms with Crippen molar-refractivity contribution in [3.63, 3.8) is 0 Å². The summed E-state index contributed by atoms with van der Waals surface area (Å²) in [6.45, 7) is 6.10. The molecule has 1 aliphatic rings. The molecule has 1 fully saturated rings. The number of rotatable bonds is 6. The lowest BCUT2D eigenvalue weighted by atomic mass is 9.99. The molecule has 0 N–H and O–H groups in total. The Balaban J connectivity index is 1.80. The first-order chi connectivity index (χ1) is 14.7. The van der Waals surface area contributed by atoms with Crippen molar-refractivity contribution in [2.45, 2.75) is 39.2 Å². The number of amides is 1. The molecule has 1 amide bonds. The maximum Gasteiger partial charge on any atom is 0.229 e. The molecule has 1 heterocycles. The van der Waals surface area contributed by atoms with Gasteiger partial charge in [-0.2, -0.15) is 0 Å². The Labute approximate surface area is 164 Å². The summed E-state index contributed by atoms with van der Waals surface area (Å²) in [5.41, 5.74) is 1.30. The first kappa shape index (κ1) is 13.1. The van der Waals surface area contributed by atoms with Crippen LogP contribution in [-0.4, -0.2) is 36.5 Å². The van der Waals surface area contributed by atoms with Crippen LogP contribution in [0.5, 0.6) is 0 Å². The minimum Gasteiger partial charge on any atom is -0.309 e. The van der Waals surface area contributed by atoms with Crippen LogP contribution in [-0.2, 0) is 11.2 Å². The van der Waals surface area contributed by atoms with Crippen molar-refractivity contribution in [1.82, 2.24) is 4.90 Å². The maximum atomic E-state index is 13.1. The third-order valence-corrected chi connectivity index (χ3v) is 4.94. The lowest BCUT2D eigenvalue weighted by Gasteiger charge is -2.39. The fraction of sp³-hybridized carbons (Fsp3) is 0.435. The molecule has 3 nitrogen and oxygen atoms in total. The summed E-state index contributed by atoms with van der Waals surface area (Å²) >= 11 is 0. The van der Waals surface area contributed by atoms with E-state index >= 15 is 0 Å². The summed E-state index contributed by atoms with van der Waals surface area (Å²) in [6.07, 6.45) is 2.37. The third kappa shape index (κ3) is 4.73. The number of carbonyl (C=O) groups is 1. The van der Waals surface area contributed by atoms with Gasteiger partial charge in [-0.15, -0.1) is 0 Å². The number of nitrogens with zero attached hydrogens (tertiary/aromatic N) is 2. The van der Waals surface area contributed by atoms with Crippen LogP contribution >= 0.6 is 0 Å². The first-order valence-electron chi connectivity index (χ1n) is 11.9. The normalized spacial score (nSPS) is 18.7. The van der Waals surface area contributed by atoms with Gasteiger partial charge in [-0.05, 0) is 36.9 Å². The molecule has 0 saturated carbocycles. The van der Waals surface area contributed by atoms with Crippen LogP contribution in [0.1, 0.15) is 39.1 Å². The predicted octanol–water partition coefficient (Wildman–Crippen LogP) is 4.38. The summed E-state index contributed by atoms with van der Waals surface area (Å²) in [7, 11) is 0. The van der Waals surface area contributed by atoms with Gasteiger partial charge in [0.25, 0.3) is 0 Å². The molecular formula is C23H30N2O. The lowest BCUT2D eigenvalue weighted by molar-refractivity contribution is -0.122. The van der Waals surface area contributed by atoms with Gasteiger partial charge in [-0.25, -0.2) is 0 Å². The Morgan fingerprint density at radius 3 is 2.42 bits per heavy atom. The van der Waals surface area contributed by atoms with Crippen molar-refractivity contribution in [3.8, 4) is 0 Å².